The first-order valence-corrected chi connectivity index (χ1v) is 11.1. The Bertz CT molecular complexity index is 959. The van der Waals surface area contributed by atoms with E-state index in [4.69, 9.17) is 4.74 Å². The summed E-state index contributed by atoms with van der Waals surface area (Å²) in [4.78, 5) is 16.9. The molecule has 8 heteroatoms. The predicted octanol–water partition coefficient (Wildman–Crippen LogP) is 2.03. The number of sulfone groups is 1. The second-order valence-corrected chi connectivity index (χ2v) is 9.63. The van der Waals surface area contributed by atoms with Crippen molar-refractivity contribution in [1.82, 2.24) is 14.9 Å². The lowest BCUT2D eigenvalue weighted by Crippen LogP contribution is -2.40. The van der Waals surface area contributed by atoms with Crippen molar-refractivity contribution in [2.24, 2.45) is 0 Å². The topological polar surface area (TPSA) is 90.3 Å². The number of benzene rings is 1. The summed E-state index contributed by atoms with van der Waals surface area (Å²) in [5.41, 5.74) is 2.36. The van der Waals surface area contributed by atoms with E-state index in [2.05, 4.69) is 10.3 Å². The Morgan fingerprint density at radius 1 is 1.26 bits per heavy atom. The fourth-order valence-corrected chi connectivity index (χ4v) is 5.01. The summed E-state index contributed by atoms with van der Waals surface area (Å²) in [5, 5.41) is 2.77. The summed E-state index contributed by atoms with van der Waals surface area (Å²) >= 11 is 0. The Balaban J connectivity index is 1.48. The second-order valence-electron chi connectivity index (χ2n) is 7.31. The van der Waals surface area contributed by atoms with Gasteiger partial charge in [-0.3, -0.25) is 4.79 Å². The van der Waals surface area contributed by atoms with Crippen LogP contribution in [0.5, 0.6) is 5.75 Å². The number of hydrogen-bond donors (Lipinski definition) is 1. The van der Waals surface area contributed by atoms with E-state index in [0.717, 1.165) is 23.6 Å². The molecule has 4 rings (SSSR count). The number of nitrogens with one attached hydrogen (secondary N) is 1. The number of ether oxygens (including phenoxy) is 1. The molecular formula is C19H23N3O4S. The van der Waals surface area contributed by atoms with Crippen LogP contribution in [0.15, 0.2) is 30.7 Å². The average molecular weight is 389 g/mol. The molecular weight excluding hydrogens is 366 g/mol. The van der Waals surface area contributed by atoms with Gasteiger partial charge >= 0.3 is 0 Å². The number of carbonyl (C=O) groups is 1. The number of rotatable bonds is 3. The Hall–Kier alpha value is -2.35. The molecule has 0 saturated heterocycles. The Labute approximate surface area is 158 Å². The molecule has 2 aromatic rings. The average Bonchev–Trinajstić information content (AvgIpc) is 3.03. The molecule has 2 heterocycles. The van der Waals surface area contributed by atoms with Crippen LogP contribution in [0.1, 0.15) is 36.0 Å². The molecule has 0 spiro atoms. The normalized spacial score (nSPS) is 22.1. The van der Waals surface area contributed by atoms with E-state index in [-0.39, 0.29) is 17.2 Å². The maximum atomic E-state index is 12.7. The van der Waals surface area contributed by atoms with E-state index in [1.54, 1.807) is 18.6 Å². The smallest absolute Gasteiger partial charge is 0.251 e. The minimum absolute atomic E-state index is 0.0103. The first-order valence-electron chi connectivity index (χ1n) is 9.19. The zero-order valence-electron chi connectivity index (χ0n) is 15.2. The zero-order chi connectivity index (χ0) is 19.0. The van der Waals surface area contributed by atoms with Crippen LogP contribution in [0.3, 0.4) is 0 Å². The summed E-state index contributed by atoms with van der Waals surface area (Å²) in [7, 11) is -3.00. The fraction of sp³-hybridized carbons (Fsp3) is 0.474. The van der Waals surface area contributed by atoms with Gasteiger partial charge in [-0.2, -0.15) is 0 Å². The summed E-state index contributed by atoms with van der Waals surface area (Å²) in [6, 6.07) is 5.44. The number of carbonyl (C=O) groups excluding carboxylic acids is 1. The summed E-state index contributed by atoms with van der Waals surface area (Å²) in [6.45, 7) is 1.28. The van der Waals surface area contributed by atoms with Gasteiger partial charge in [-0.1, -0.05) is 0 Å². The highest BCUT2D eigenvalue weighted by Crippen LogP contribution is 2.33. The number of nitrogens with zero attached hydrogens (tertiary/aromatic N) is 2. The summed E-state index contributed by atoms with van der Waals surface area (Å²) in [5.74, 6) is 0.607. The summed E-state index contributed by atoms with van der Waals surface area (Å²) < 4.78 is 31.1. The Morgan fingerprint density at radius 3 is 2.78 bits per heavy atom. The van der Waals surface area contributed by atoms with Gasteiger partial charge in [0.2, 0.25) is 0 Å². The quantitative estimate of drug-likeness (QED) is 0.867. The van der Waals surface area contributed by atoms with Crippen LogP contribution in [0.25, 0.3) is 11.3 Å². The van der Waals surface area contributed by atoms with Gasteiger partial charge in [-0.25, -0.2) is 13.4 Å². The molecule has 0 unspecified atom stereocenters. The van der Waals surface area contributed by atoms with Crippen LogP contribution in [-0.4, -0.2) is 48.0 Å². The highest BCUT2D eigenvalue weighted by molar-refractivity contribution is 7.91. The van der Waals surface area contributed by atoms with Crippen molar-refractivity contribution in [3.8, 4) is 17.0 Å². The van der Waals surface area contributed by atoms with Crippen LogP contribution < -0.4 is 10.1 Å². The minimum Gasteiger partial charge on any atom is -0.491 e. The number of hydrogen-bond acceptors (Lipinski definition) is 5. The SMILES string of the molecule is CS(=O)(=O)C1CCC(NC(=O)c2ccc3c(c2)-c2cncn2CCO3)CC1. The van der Waals surface area contributed by atoms with Gasteiger partial charge < -0.3 is 14.6 Å². The fourth-order valence-electron chi connectivity index (χ4n) is 3.88. The monoisotopic (exact) mass is 389 g/mol. The van der Waals surface area contributed by atoms with E-state index in [9.17, 15) is 13.2 Å². The lowest BCUT2D eigenvalue weighted by molar-refractivity contribution is 0.0928. The predicted molar refractivity (Wildman–Crippen MR) is 102 cm³/mol. The molecule has 1 saturated carbocycles. The minimum atomic E-state index is -3.00. The number of imidazole rings is 1. The third kappa shape index (κ3) is 3.71. The molecule has 1 fully saturated rings. The Morgan fingerprint density at radius 2 is 2.04 bits per heavy atom. The lowest BCUT2D eigenvalue weighted by Gasteiger charge is -2.28. The van der Waals surface area contributed by atoms with Crippen molar-refractivity contribution in [3.63, 3.8) is 0 Å². The number of aromatic nitrogens is 2. The second kappa shape index (κ2) is 6.99. The molecule has 2 aliphatic rings. The van der Waals surface area contributed by atoms with Gasteiger partial charge in [0.1, 0.15) is 22.2 Å². The summed E-state index contributed by atoms with van der Waals surface area (Å²) in [6.07, 6.45) is 7.40. The highest BCUT2D eigenvalue weighted by atomic mass is 32.2. The zero-order valence-corrected chi connectivity index (χ0v) is 16.0. The van der Waals surface area contributed by atoms with Crippen LogP contribution in [0.4, 0.5) is 0 Å². The number of amides is 1. The number of fused-ring (bicyclic) bond motifs is 3. The first-order chi connectivity index (χ1) is 12.9. The molecule has 1 amide bonds. The van der Waals surface area contributed by atoms with E-state index in [1.807, 2.05) is 16.7 Å². The maximum Gasteiger partial charge on any atom is 0.251 e. The van der Waals surface area contributed by atoms with Crippen molar-refractivity contribution >= 4 is 15.7 Å². The van der Waals surface area contributed by atoms with Gasteiger partial charge in [-0.15, -0.1) is 0 Å². The van der Waals surface area contributed by atoms with Crippen molar-refractivity contribution in [1.29, 1.82) is 0 Å². The molecule has 0 atom stereocenters. The molecule has 7 nitrogen and oxygen atoms in total. The van der Waals surface area contributed by atoms with E-state index in [1.165, 1.54) is 6.26 Å². The van der Waals surface area contributed by atoms with Crippen LogP contribution >= 0.6 is 0 Å². The molecule has 27 heavy (non-hydrogen) atoms. The van der Waals surface area contributed by atoms with Crippen molar-refractivity contribution < 1.29 is 17.9 Å². The molecule has 0 radical (unpaired) electrons. The molecule has 1 N–H and O–H groups in total. The third-order valence-electron chi connectivity index (χ3n) is 5.43. The highest BCUT2D eigenvalue weighted by Gasteiger charge is 2.29. The van der Waals surface area contributed by atoms with E-state index in [0.29, 0.717) is 37.9 Å². The largest absolute Gasteiger partial charge is 0.491 e. The molecule has 1 aliphatic carbocycles. The van der Waals surface area contributed by atoms with Crippen molar-refractivity contribution in [2.45, 2.75) is 43.5 Å². The van der Waals surface area contributed by atoms with Gasteiger partial charge in [-0.05, 0) is 43.9 Å². The van der Waals surface area contributed by atoms with Gasteiger partial charge in [0, 0.05) is 23.4 Å². The Kier molecular flexibility index (Phi) is 4.67. The first kappa shape index (κ1) is 18.0. The lowest BCUT2D eigenvalue weighted by atomic mass is 9.94. The van der Waals surface area contributed by atoms with Crippen LogP contribution in [-0.2, 0) is 16.4 Å². The standard InChI is InChI=1S/C19H23N3O4S/c1-27(24,25)15-5-3-14(4-6-15)21-19(23)13-2-7-18-16(10-13)17-11-20-12-22(17)8-9-26-18/h2,7,10-12,14-15H,3-6,8-9H2,1H3,(H,21,23). The van der Waals surface area contributed by atoms with Crippen LogP contribution in [0, 0.1) is 0 Å². The maximum absolute atomic E-state index is 12.7. The molecule has 1 aromatic heterocycles. The van der Waals surface area contributed by atoms with E-state index >= 15 is 0 Å². The molecule has 1 aromatic carbocycles. The van der Waals surface area contributed by atoms with Crippen molar-refractivity contribution in [2.75, 3.05) is 12.9 Å². The van der Waals surface area contributed by atoms with Gasteiger partial charge in [0.05, 0.1) is 30.0 Å². The molecule has 1 aliphatic heterocycles. The molecule has 144 valence electrons. The van der Waals surface area contributed by atoms with E-state index < -0.39 is 9.84 Å². The van der Waals surface area contributed by atoms with Gasteiger partial charge in [0.25, 0.3) is 5.91 Å². The van der Waals surface area contributed by atoms with Crippen LogP contribution in [0.2, 0.25) is 0 Å². The van der Waals surface area contributed by atoms with Gasteiger partial charge in [0.15, 0.2) is 0 Å². The van der Waals surface area contributed by atoms with Crippen molar-refractivity contribution in [3.05, 3.63) is 36.3 Å². The molecule has 0 bridgehead atoms. The third-order valence-corrected chi connectivity index (χ3v) is 7.12.